The van der Waals surface area contributed by atoms with Crippen LogP contribution in [0.3, 0.4) is 0 Å². The molecule has 55 valence electrons. The zero-order chi connectivity index (χ0) is 7.28. The minimum atomic E-state index is 0.818. The summed E-state index contributed by atoms with van der Waals surface area (Å²) in [5.74, 6) is 0. The van der Waals surface area contributed by atoms with Gasteiger partial charge in [0.2, 0.25) is 0 Å². The minimum Gasteiger partial charge on any atom is -0.296 e. The predicted molar refractivity (Wildman–Crippen MR) is 39.2 cm³/mol. The monoisotopic (exact) mass is 130 g/mol. The van der Waals surface area contributed by atoms with Gasteiger partial charge in [0.05, 0.1) is 13.3 Å². The van der Waals surface area contributed by atoms with Gasteiger partial charge in [-0.25, -0.2) is 5.32 Å². The molecule has 9 heavy (non-hydrogen) atoms. The van der Waals surface area contributed by atoms with Crippen LogP contribution in [-0.4, -0.2) is 51.3 Å². The van der Waals surface area contributed by atoms with Gasteiger partial charge in [-0.15, -0.1) is 0 Å². The third-order valence-electron chi connectivity index (χ3n) is 0.766. The van der Waals surface area contributed by atoms with Gasteiger partial charge in [0.15, 0.2) is 0 Å². The van der Waals surface area contributed by atoms with Gasteiger partial charge < -0.3 is 0 Å². The van der Waals surface area contributed by atoms with Crippen LogP contribution in [-0.2, 0) is 0 Å². The smallest absolute Gasteiger partial charge is 0.0659 e. The number of hydrogen-bond donors (Lipinski definition) is 0. The first-order valence-corrected chi connectivity index (χ1v) is 3.05. The van der Waals surface area contributed by atoms with Crippen LogP contribution in [0, 0.1) is 0 Å². The lowest BCUT2D eigenvalue weighted by molar-refractivity contribution is 0.296. The molecule has 0 bridgehead atoms. The molecule has 0 unspecified atom stereocenters. The van der Waals surface area contributed by atoms with Crippen LogP contribution >= 0.6 is 0 Å². The van der Waals surface area contributed by atoms with Crippen molar-refractivity contribution >= 4 is 0 Å². The van der Waals surface area contributed by atoms with Crippen molar-refractivity contribution < 1.29 is 0 Å². The van der Waals surface area contributed by atoms with E-state index in [0.29, 0.717) is 0 Å². The Balaban J connectivity index is 2.91. The standard InChI is InChI=1S/C6H16N3/c1-8(2)5-7-6-9(3)4/h5-6H2,1-4H3. The number of rotatable bonds is 4. The van der Waals surface area contributed by atoms with Crippen molar-refractivity contribution in [3.05, 3.63) is 0 Å². The molecule has 0 heterocycles. The average Bonchev–Trinajstić information content (AvgIpc) is 1.63. The molecule has 0 aromatic carbocycles. The molecule has 3 nitrogen and oxygen atoms in total. The van der Waals surface area contributed by atoms with Crippen LogP contribution in [0.25, 0.3) is 0 Å². The molecule has 0 rings (SSSR count). The van der Waals surface area contributed by atoms with E-state index in [2.05, 4.69) is 5.32 Å². The van der Waals surface area contributed by atoms with Gasteiger partial charge in [0.25, 0.3) is 0 Å². The first-order chi connectivity index (χ1) is 4.13. The fraction of sp³-hybridized carbons (Fsp3) is 1.00. The molecule has 0 N–H and O–H groups in total. The Hall–Kier alpha value is -0.120. The number of hydrogen-bond acceptors (Lipinski definition) is 2. The lowest BCUT2D eigenvalue weighted by Crippen LogP contribution is -2.29. The van der Waals surface area contributed by atoms with Crippen LogP contribution in [0.1, 0.15) is 0 Å². The Morgan fingerprint density at radius 3 is 1.44 bits per heavy atom. The van der Waals surface area contributed by atoms with Crippen LogP contribution in [0.15, 0.2) is 0 Å². The van der Waals surface area contributed by atoms with E-state index in [1.165, 1.54) is 0 Å². The van der Waals surface area contributed by atoms with Crippen molar-refractivity contribution in [2.75, 3.05) is 41.5 Å². The minimum absolute atomic E-state index is 0.818. The second-order valence-electron chi connectivity index (χ2n) is 2.67. The highest BCUT2D eigenvalue weighted by Gasteiger charge is 1.90. The molecule has 0 fully saturated rings. The van der Waals surface area contributed by atoms with Crippen molar-refractivity contribution in [2.45, 2.75) is 0 Å². The van der Waals surface area contributed by atoms with E-state index in [0.717, 1.165) is 13.3 Å². The van der Waals surface area contributed by atoms with E-state index < -0.39 is 0 Å². The Kier molecular flexibility index (Phi) is 4.67. The summed E-state index contributed by atoms with van der Waals surface area (Å²) in [5, 5.41) is 4.22. The van der Waals surface area contributed by atoms with Crippen LogP contribution in [0.4, 0.5) is 0 Å². The Bertz CT molecular complexity index is 53.3. The molecule has 0 saturated carbocycles. The molecule has 1 radical (unpaired) electrons. The average molecular weight is 130 g/mol. The van der Waals surface area contributed by atoms with Gasteiger partial charge >= 0.3 is 0 Å². The first-order valence-electron chi connectivity index (χ1n) is 3.05. The third-order valence-corrected chi connectivity index (χ3v) is 0.766. The molecule has 0 aliphatic rings. The van der Waals surface area contributed by atoms with Crippen LogP contribution < -0.4 is 5.32 Å². The zero-order valence-electron chi connectivity index (χ0n) is 6.76. The van der Waals surface area contributed by atoms with Crippen molar-refractivity contribution in [2.24, 2.45) is 0 Å². The van der Waals surface area contributed by atoms with Gasteiger partial charge in [0, 0.05) is 0 Å². The Morgan fingerprint density at radius 2 is 1.22 bits per heavy atom. The molecule has 0 aliphatic heterocycles. The van der Waals surface area contributed by atoms with Crippen LogP contribution in [0.2, 0.25) is 0 Å². The highest BCUT2D eigenvalue weighted by Crippen LogP contribution is 1.72. The molecule has 3 heteroatoms. The van der Waals surface area contributed by atoms with E-state index in [4.69, 9.17) is 0 Å². The summed E-state index contributed by atoms with van der Waals surface area (Å²) < 4.78 is 0. The highest BCUT2D eigenvalue weighted by atomic mass is 15.2. The summed E-state index contributed by atoms with van der Waals surface area (Å²) >= 11 is 0. The van der Waals surface area contributed by atoms with Crippen molar-refractivity contribution in [3.8, 4) is 0 Å². The maximum Gasteiger partial charge on any atom is 0.0659 e. The Labute approximate surface area is 57.6 Å². The lowest BCUT2D eigenvalue weighted by Gasteiger charge is -2.12. The van der Waals surface area contributed by atoms with Crippen molar-refractivity contribution in [1.29, 1.82) is 0 Å². The van der Waals surface area contributed by atoms with E-state index in [-0.39, 0.29) is 0 Å². The summed E-state index contributed by atoms with van der Waals surface area (Å²) in [6, 6.07) is 0. The highest BCUT2D eigenvalue weighted by molar-refractivity contribution is 4.40. The summed E-state index contributed by atoms with van der Waals surface area (Å²) in [5.41, 5.74) is 0. The van der Waals surface area contributed by atoms with Gasteiger partial charge in [0.1, 0.15) is 0 Å². The quantitative estimate of drug-likeness (QED) is 0.517. The summed E-state index contributed by atoms with van der Waals surface area (Å²) in [6.45, 7) is 1.64. The maximum atomic E-state index is 4.22. The third kappa shape index (κ3) is 7.88. The molecular formula is C6H16N3. The molecule has 0 spiro atoms. The van der Waals surface area contributed by atoms with E-state index in [9.17, 15) is 0 Å². The van der Waals surface area contributed by atoms with Crippen LogP contribution in [0.5, 0.6) is 0 Å². The topological polar surface area (TPSA) is 20.6 Å². The molecule has 0 aliphatic carbocycles. The van der Waals surface area contributed by atoms with Gasteiger partial charge in [-0.3, -0.25) is 9.80 Å². The van der Waals surface area contributed by atoms with Gasteiger partial charge in [-0.2, -0.15) is 0 Å². The summed E-state index contributed by atoms with van der Waals surface area (Å²) in [6.07, 6.45) is 0. The first kappa shape index (κ1) is 8.88. The summed E-state index contributed by atoms with van der Waals surface area (Å²) in [4.78, 5) is 4.09. The lowest BCUT2D eigenvalue weighted by atomic mass is 10.8. The van der Waals surface area contributed by atoms with E-state index >= 15 is 0 Å². The molecule has 0 aromatic heterocycles. The van der Waals surface area contributed by atoms with Gasteiger partial charge in [-0.1, -0.05) is 0 Å². The SMILES string of the molecule is CN(C)C[N]CN(C)C. The largest absolute Gasteiger partial charge is 0.296 e. The fourth-order valence-corrected chi connectivity index (χ4v) is 0.445. The predicted octanol–water partition coefficient (Wildman–Crippen LogP) is -0.371. The maximum absolute atomic E-state index is 4.22. The zero-order valence-corrected chi connectivity index (χ0v) is 6.76. The molecule has 0 saturated heterocycles. The fourth-order valence-electron chi connectivity index (χ4n) is 0.445. The summed E-state index contributed by atoms with van der Waals surface area (Å²) in [7, 11) is 8.05. The van der Waals surface area contributed by atoms with Crippen molar-refractivity contribution in [3.63, 3.8) is 0 Å². The molecule has 0 atom stereocenters. The number of nitrogens with zero attached hydrogens (tertiary/aromatic N) is 3. The van der Waals surface area contributed by atoms with Crippen molar-refractivity contribution in [1.82, 2.24) is 15.1 Å². The Morgan fingerprint density at radius 1 is 0.889 bits per heavy atom. The van der Waals surface area contributed by atoms with E-state index in [1.807, 2.05) is 38.0 Å². The normalized spacial score (nSPS) is 11.3. The second-order valence-corrected chi connectivity index (χ2v) is 2.67. The molecular weight excluding hydrogens is 114 g/mol. The molecule has 0 amide bonds. The molecule has 0 aromatic rings. The van der Waals surface area contributed by atoms with Gasteiger partial charge in [-0.05, 0) is 28.2 Å². The second kappa shape index (κ2) is 4.73. The van der Waals surface area contributed by atoms with E-state index in [1.54, 1.807) is 0 Å².